The molecule has 0 bridgehead atoms. The Balaban J connectivity index is 2.19. The average Bonchev–Trinajstić information content (AvgIpc) is 2.38. The number of hydrogen-bond acceptors (Lipinski definition) is 2. The molecule has 0 amide bonds. The van der Waals surface area contributed by atoms with Gasteiger partial charge < -0.3 is 10.5 Å². The minimum absolute atomic E-state index is 0.318. The predicted molar refractivity (Wildman–Crippen MR) is 87.8 cm³/mol. The first-order valence-electron chi connectivity index (χ1n) is 7.66. The van der Waals surface area contributed by atoms with Gasteiger partial charge in [-0.25, -0.2) is 0 Å². The van der Waals surface area contributed by atoms with Gasteiger partial charge in [-0.1, -0.05) is 49.2 Å². The van der Waals surface area contributed by atoms with Gasteiger partial charge in [-0.2, -0.15) is 0 Å². The summed E-state index contributed by atoms with van der Waals surface area (Å²) in [6.07, 6.45) is 4.07. The van der Waals surface area contributed by atoms with Gasteiger partial charge in [-0.3, -0.25) is 0 Å². The fourth-order valence-corrected chi connectivity index (χ4v) is 3.56. The highest BCUT2D eigenvalue weighted by atomic mass is 79.9. The zero-order valence-corrected chi connectivity index (χ0v) is 14.3. The zero-order valence-electron chi connectivity index (χ0n) is 12.7. The number of hydrogen-bond donors (Lipinski definition) is 1. The summed E-state index contributed by atoms with van der Waals surface area (Å²) in [4.78, 5) is 0. The molecule has 1 aromatic rings. The summed E-state index contributed by atoms with van der Waals surface area (Å²) in [7, 11) is 0. The van der Waals surface area contributed by atoms with Crippen LogP contribution in [-0.2, 0) is 6.54 Å². The maximum atomic E-state index is 6.39. The topological polar surface area (TPSA) is 35.2 Å². The van der Waals surface area contributed by atoms with E-state index in [0.29, 0.717) is 24.5 Å². The average molecular weight is 340 g/mol. The molecule has 0 aliphatic heterocycles. The van der Waals surface area contributed by atoms with E-state index in [4.69, 9.17) is 10.5 Å². The molecule has 3 unspecified atom stereocenters. The van der Waals surface area contributed by atoms with Crippen molar-refractivity contribution in [3.05, 3.63) is 28.2 Å². The lowest BCUT2D eigenvalue weighted by Gasteiger charge is -2.37. The minimum atomic E-state index is 0.318. The smallest absolute Gasteiger partial charge is 0.125 e. The monoisotopic (exact) mass is 339 g/mol. The first kappa shape index (κ1) is 15.8. The molecule has 0 saturated heterocycles. The van der Waals surface area contributed by atoms with E-state index in [1.807, 2.05) is 6.07 Å². The summed E-state index contributed by atoms with van der Waals surface area (Å²) in [5.74, 6) is 3.02. The molecule has 0 heterocycles. The molecule has 2 rings (SSSR count). The van der Waals surface area contributed by atoms with Gasteiger partial charge in [0.25, 0.3) is 0 Å². The van der Waals surface area contributed by atoms with Crippen LogP contribution in [0.3, 0.4) is 0 Å². The van der Waals surface area contributed by atoms with Crippen molar-refractivity contribution in [2.24, 2.45) is 23.5 Å². The summed E-state index contributed by atoms with van der Waals surface area (Å²) in [5, 5.41) is 0. The Morgan fingerprint density at radius 1 is 1.35 bits per heavy atom. The van der Waals surface area contributed by atoms with Crippen LogP contribution >= 0.6 is 15.9 Å². The van der Waals surface area contributed by atoms with Gasteiger partial charge in [-0.15, -0.1) is 0 Å². The van der Waals surface area contributed by atoms with Crippen LogP contribution in [0.5, 0.6) is 5.75 Å². The molecule has 1 fully saturated rings. The Bertz CT molecular complexity index is 447. The molecule has 2 nitrogen and oxygen atoms in total. The zero-order chi connectivity index (χ0) is 14.7. The van der Waals surface area contributed by atoms with Crippen LogP contribution in [0.1, 0.15) is 45.6 Å². The van der Waals surface area contributed by atoms with E-state index in [9.17, 15) is 0 Å². The molecule has 1 saturated carbocycles. The maximum Gasteiger partial charge on any atom is 0.125 e. The summed E-state index contributed by atoms with van der Waals surface area (Å²) < 4.78 is 7.44. The highest BCUT2D eigenvalue weighted by Gasteiger charge is 2.32. The first-order chi connectivity index (χ1) is 9.51. The summed E-state index contributed by atoms with van der Waals surface area (Å²) >= 11 is 3.53. The fourth-order valence-electron chi connectivity index (χ4n) is 3.22. The lowest BCUT2D eigenvalue weighted by molar-refractivity contribution is 0.0453. The molecule has 1 aliphatic carbocycles. The molecule has 1 aromatic carbocycles. The van der Waals surface area contributed by atoms with Crippen molar-refractivity contribution in [3.8, 4) is 5.75 Å². The molecule has 3 heteroatoms. The maximum absolute atomic E-state index is 6.39. The van der Waals surface area contributed by atoms with Crippen molar-refractivity contribution < 1.29 is 4.74 Å². The van der Waals surface area contributed by atoms with Gasteiger partial charge in [0, 0.05) is 16.6 Å². The third-order valence-corrected chi connectivity index (χ3v) is 4.98. The van der Waals surface area contributed by atoms with Crippen molar-refractivity contribution >= 4 is 15.9 Å². The van der Waals surface area contributed by atoms with Crippen molar-refractivity contribution in [2.45, 2.75) is 52.7 Å². The van der Waals surface area contributed by atoms with E-state index in [2.05, 4.69) is 48.8 Å². The van der Waals surface area contributed by atoms with E-state index in [1.165, 1.54) is 12.8 Å². The van der Waals surface area contributed by atoms with Crippen LogP contribution < -0.4 is 10.5 Å². The minimum Gasteiger partial charge on any atom is -0.490 e. The number of benzene rings is 1. The summed E-state index contributed by atoms with van der Waals surface area (Å²) in [6, 6.07) is 6.13. The van der Waals surface area contributed by atoms with E-state index < -0.39 is 0 Å². The molecule has 112 valence electrons. The SMILES string of the molecule is CC1CCC(C(C)C)C(Oc2cc(Br)ccc2CN)C1. The standard InChI is InChI=1S/C17H26BrNO/c1-11(2)15-7-4-12(3)8-17(15)20-16-9-14(18)6-5-13(16)10-19/h5-6,9,11-12,15,17H,4,7-8,10,19H2,1-3H3. The van der Waals surface area contributed by atoms with Gasteiger partial charge in [-0.05, 0) is 42.7 Å². The van der Waals surface area contributed by atoms with Gasteiger partial charge in [0.15, 0.2) is 0 Å². The third-order valence-electron chi connectivity index (χ3n) is 4.49. The second-order valence-electron chi connectivity index (χ2n) is 6.44. The molecule has 20 heavy (non-hydrogen) atoms. The Morgan fingerprint density at radius 2 is 2.10 bits per heavy atom. The molecule has 0 aromatic heterocycles. The Hall–Kier alpha value is -0.540. The van der Waals surface area contributed by atoms with Crippen molar-refractivity contribution in [1.82, 2.24) is 0 Å². The second kappa shape index (κ2) is 6.95. The van der Waals surface area contributed by atoms with Gasteiger partial charge >= 0.3 is 0 Å². The predicted octanol–water partition coefficient (Wildman–Crippen LogP) is 4.75. The highest BCUT2D eigenvalue weighted by Crippen LogP contribution is 2.37. The van der Waals surface area contributed by atoms with Crippen LogP contribution in [0, 0.1) is 17.8 Å². The normalized spacial score (nSPS) is 26.8. The van der Waals surface area contributed by atoms with E-state index in [1.54, 1.807) is 0 Å². The number of nitrogens with two attached hydrogens (primary N) is 1. The van der Waals surface area contributed by atoms with Crippen LogP contribution in [-0.4, -0.2) is 6.10 Å². The molecule has 3 atom stereocenters. The van der Waals surface area contributed by atoms with Gasteiger partial charge in [0.2, 0.25) is 0 Å². The Labute approximate surface area is 131 Å². The quantitative estimate of drug-likeness (QED) is 0.859. The first-order valence-corrected chi connectivity index (χ1v) is 8.45. The second-order valence-corrected chi connectivity index (χ2v) is 7.35. The molecule has 2 N–H and O–H groups in total. The number of ether oxygens (including phenoxy) is 1. The summed E-state index contributed by atoms with van der Waals surface area (Å²) in [5.41, 5.74) is 6.92. The Morgan fingerprint density at radius 3 is 2.75 bits per heavy atom. The van der Waals surface area contributed by atoms with Crippen LogP contribution in [0.2, 0.25) is 0 Å². The fraction of sp³-hybridized carbons (Fsp3) is 0.647. The van der Waals surface area contributed by atoms with E-state index in [0.717, 1.165) is 28.1 Å². The number of rotatable bonds is 4. The molecule has 0 spiro atoms. The Kier molecular flexibility index (Phi) is 5.50. The van der Waals surface area contributed by atoms with E-state index in [-0.39, 0.29) is 0 Å². The largest absolute Gasteiger partial charge is 0.490 e. The van der Waals surface area contributed by atoms with Crippen molar-refractivity contribution in [3.63, 3.8) is 0 Å². The molecular weight excluding hydrogens is 314 g/mol. The van der Waals surface area contributed by atoms with Gasteiger partial charge in [0.05, 0.1) is 0 Å². The lowest BCUT2D eigenvalue weighted by Crippen LogP contribution is -2.36. The third kappa shape index (κ3) is 3.76. The summed E-state index contributed by atoms with van der Waals surface area (Å²) in [6.45, 7) is 7.47. The van der Waals surface area contributed by atoms with Gasteiger partial charge in [0.1, 0.15) is 11.9 Å². The van der Waals surface area contributed by atoms with Crippen LogP contribution in [0.4, 0.5) is 0 Å². The molecule has 0 radical (unpaired) electrons. The van der Waals surface area contributed by atoms with Crippen LogP contribution in [0.15, 0.2) is 22.7 Å². The van der Waals surface area contributed by atoms with Crippen LogP contribution in [0.25, 0.3) is 0 Å². The number of halogens is 1. The van der Waals surface area contributed by atoms with Crippen molar-refractivity contribution in [2.75, 3.05) is 0 Å². The van der Waals surface area contributed by atoms with E-state index >= 15 is 0 Å². The highest BCUT2D eigenvalue weighted by molar-refractivity contribution is 9.10. The van der Waals surface area contributed by atoms with Crippen molar-refractivity contribution in [1.29, 1.82) is 0 Å². The molecule has 1 aliphatic rings. The molecular formula is C17H26BrNO. The lowest BCUT2D eigenvalue weighted by atomic mass is 9.75.